The van der Waals surface area contributed by atoms with E-state index < -0.39 is 0 Å². The van der Waals surface area contributed by atoms with Gasteiger partial charge in [-0.05, 0) is 96.9 Å². The summed E-state index contributed by atoms with van der Waals surface area (Å²) in [6.07, 6.45) is 0. The molecule has 58 heavy (non-hydrogen) atoms. The Kier molecular flexibility index (Phi) is 8.19. The van der Waals surface area contributed by atoms with Gasteiger partial charge in [-0.25, -0.2) is 0 Å². The number of para-hydroxylation sites is 1. The number of hydrogen-bond donors (Lipinski definition) is 0. The summed E-state index contributed by atoms with van der Waals surface area (Å²) >= 11 is 0. The maximum Gasteiger partial charge on any atom is 0.137 e. The number of fused-ring (bicyclic) bond motifs is 6. The van der Waals surface area contributed by atoms with Crippen molar-refractivity contribution in [3.05, 3.63) is 224 Å². The zero-order valence-electron chi connectivity index (χ0n) is 31.7. The molecule has 0 unspecified atom stereocenters. The molecule has 11 rings (SSSR count). The highest BCUT2D eigenvalue weighted by molar-refractivity contribution is 6.23. The van der Waals surface area contributed by atoms with Crippen LogP contribution >= 0.6 is 0 Å². The summed E-state index contributed by atoms with van der Waals surface area (Å²) in [7, 11) is 0. The molecule has 10 aromatic carbocycles. The standard InChI is InChI=1S/C56H37NO/c1-3-14-38(15-4-1)39-28-30-42(31-29-39)46-21-9-10-25-50(46)57(51-26-13-27-52-56(51)55-49-22-8-7-18-41(49)34-37-53(55)58-52)45-35-32-43(33-36-45)48-24-12-20-44-19-11-23-47(54(44)48)40-16-5-2-6-17-40/h1-37H. The van der Waals surface area contributed by atoms with Gasteiger partial charge in [-0.15, -0.1) is 0 Å². The zero-order chi connectivity index (χ0) is 38.4. The third-order valence-corrected chi connectivity index (χ3v) is 11.5. The lowest BCUT2D eigenvalue weighted by molar-refractivity contribution is 0.669. The number of nitrogens with zero attached hydrogens (tertiary/aromatic N) is 1. The van der Waals surface area contributed by atoms with E-state index in [9.17, 15) is 0 Å². The molecule has 0 spiro atoms. The van der Waals surface area contributed by atoms with Gasteiger partial charge >= 0.3 is 0 Å². The van der Waals surface area contributed by atoms with Crippen LogP contribution in [0.25, 0.3) is 88.0 Å². The molecule has 0 atom stereocenters. The number of rotatable bonds is 7. The molecule has 0 aliphatic carbocycles. The van der Waals surface area contributed by atoms with Gasteiger partial charge in [0.2, 0.25) is 0 Å². The van der Waals surface area contributed by atoms with Gasteiger partial charge in [0.05, 0.1) is 16.8 Å². The van der Waals surface area contributed by atoms with Gasteiger partial charge in [0.1, 0.15) is 11.2 Å². The number of furan rings is 1. The minimum absolute atomic E-state index is 0.861. The Bertz CT molecular complexity index is 3250. The lowest BCUT2D eigenvalue weighted by Gasteiger charge is -2.29. The first-order valence-electron chi connectivity index (χ1n) is 19.8. The molecule has 0 saturated carbocycles. The highest BCUT2D eigenvalue weighted by Crippen LogP contribution is 2.48. The van der Waals surface area contributed by atoms with Crippen molar-refractivity contribution >= 4 is 60.5 Å². The highest BCUT2D eigenvalue weighted by atomic mass is 16.3. The number of hydrogen-bond acceptors (Lipinski definition) is 2. The summed E-state index contributed by atoms with van der Waals surface area (Å²) in [5.41, 5.74) is 14.5. The van der Waals surface area contributed by atoms with E-state index in [1.807, 2.05) is 0 Å². The van der Waals surface area contributed by atoms with E-state index >= 15 is 0 Å². The van der Waals surface area contributed by atoms with Crippen LogP contribution in [0.2, 0.25) is 0 Å². The van der Waals surface area contributed by atoms with Crippen LogP contribution in [-0.4, -0.2) is 0 Å². The van der Waals surface area contributed by atoms with Crippen molar-refractivity contribution in [2.75, 3.05) is 4.90 Å². The Morgan fingerprint density at radius 2 is 0.776 bits per heavy atom. The van der Waals surface area contributed by atoms with Crippen LogP contribution in [0.3, 0.4) is 0 Å². The van der Waals surface area contributed by atoms with E-state index in [0.29, 0.717) is 0 Å². The summed E-state index contributed by atoms with van der Waals surface area (Å²) in [6, 6.07) is 80.6. The maximum atomic E-state index is 6.63. The predicted octanol–water partition coefficient (Wildman–Crippen LogP) is 16.0. The quantitative estimate of drug-likeness (QED) is 0.162. The van der Waals surface area contributed by atoms with Crippen LogP contribution in [-0.2, 0) is 0 Å². The van der Waals surface area contributed by atoms with Crippen molar-refractivity contribution in [3.8, 4) is 44.5 Å². The molecule has 0 radical (unpaired) electrons. The molecule has 2 nitrogen and oxygen atoms in total. The third kappa shape index (κ3) is 5.74. The molecular formula is C56H37NO. The number of anilines is 3. The van der Waals surface area contributed by atoms with Gasteiger partial charge in [0, 0.05) is 16.6 Å². The molecule has 0 bridgehead atoms. The van der Waals surface area contributed by atoms with Gasteiger partial charge in [-0.1, -0.05) is 188 Å². The Hall–Kier alpha value is -7.68. The average molecular weight is 740 g/mol. The van der Waals surface area contributed by atoms with Gasteiger partial charge < -0.3 is 9.32 Å². The molecule has 0 aliphatic rings. The largest absolute Gasteiger partial charge is 0.456 e. The molecule has 1 heterocycles. The Balaban J connectivity index is 1.12. The van der Waals surface area contributed by atoms with E-state index in [2.05, 4.69) is 229 Å². The van der Waals surface area contributed by atoms with Crippen LogP contribution in [0.15, 0.2) is 229 Å². The summed E-state index contributed by atoms with van der Waals surface area (Å²) in [6.45, 7) is 0. The van der Waals surface area contributed by atoms with E-state index in [0.717, 1.165) is 50.1 Å². The fourth-order valence-corrected chi connectivity index (χ4v) is 8.78. The Morgan fingerprint density at radius 1 is 0.276 bits per heavy atom. The van der Waals surface area contributed by atoms with Crippen molar-refractivity contribution in [1.29, 1.82) is 0 Å². The lowest BCUT2D eigenvalue weighted by atomic mass is 9.91. The van der Waals surface area contributed by atoms with Crippen molar-refractivity contribution < 1.29 is 4.42 Å². The molecule has 0 fully saturated rings. The molecule has 0 saturated heterocycles. The third-order valence-electron chi connectivity index (χ3n) is 11.5. The maximum absolute atomic E-state index is 6.63. The molecule has 0 amide bonds. The van der Waals surface area contributed by atoms with E-state index in [1.54, 1.807) is 0 Å². The van der Waals surface area contributed by atoms with Crippen molar-refractivity contribution in [2.45, 2.75) is 0 Å². The molecule has 0 aliphatic heterocycles. The molecule has 2 heteroatoms. The molecule has 1 aromatic heterocycles. The minimum Gasteiger partial charge on any atom is -0.456 e. The summed E-state index contributed by atoms with van der Waals surface area (Å²) < 4.78 is 6.63. The van der Waals surface area contributed by atoms with E-state index in [1.165, 1.54) is 54.9 Å². The molecular weight excluding hydrogens is 703 g/mol. The monoisotopic (exact) mass is 739 g/mol. The first kappa shape index (κ1) is 33.6. The Labute approximate surface area is 337 Å². The second-order valence-electron chi connectivity index (χ2n) is 14.8. The molecule has 0 N–H and O–H groups in total. The summed E-state index contributed by atoms with van der Waals surface area (Å²) in [5, 5.41) is 7.06. The van der Waals surface area contributed by atoms with Crippen molar-refractivity contribution in [2.24, 2.45) is 0 Å². The van der Waals surface area contributed by atoms with Gasteiger partial charge in [-0.2, -0.15) is 0 Å². The smallest absolute Gasteiger partial charge is 0.137 e. The van der Waals surface area contributed by atoms with Crippen LogP contribution in [0.5, 0.6) is 0 Å². The fourth-order valence-electron chi connectivity index (χ4n) is 8.78. The molecule has 11 aromatic rings. The normalized spacial score (nSPS) is 11.4. The second-order valence-corrected chi connectivity index (χ2v) is 14.8. The van der Waals surface area contributed by atoms with Crippen molar-refractivity contribution in [3.63, 3.8) is 0 Å². The number of benzene rings is 10. The second kappa shape index (κ2) is 14.1. The Morgan fingerprint density at radius 3 is 1.53 bits per heavy atom. The SMILES string of the molecule is c1ccc(-c2ccc(-c3ccccc3N(c3ccc(-c4cccc5cccc(-c6ccccc6)c45)cc3)c3cccc4oc5ccc6ccccc6c5c34)cc2)cc1. The van der Waals surface area contributed by atoms with Crippen molar-refractivity contribution in [1.82, 2.24) is 0 Å². The first-order valence-corrected chi connectivity index (χ1v) is 19.8. The fraction of sp³-hybridized carbons (Fsp3) is 0. The van der Waals surface area contributed by atoms with Crippen LogP contribution in [0.1, 0.15) is 0 Å². The van der Waals surface area contributed by atoms with Crippen LogP contribution in [0.4, 0.5) is 17.1 Å². The van der Waals surface area contributed by atoms with E-state index in [4.69, 9.17) is 4.42 Å². The predicted molar refractivity (Wildman–Crippen MR) is 245 cm³/mol. The minimum atomic E-state index is 0.861. The topological polar surface area (TPSA) is 16.4 Å². The summed E-state index contributed by atoms with van der Waals surface area (Å²) in [5.74, 6) is 0. The lowest BCUT2D eigenvalue weighted by Crippen LogP contribution is -2.11. The van der Waals surface area contributed by atoms with E-state index in [-0.39, 0.29) is 0 Å². The van der Waals surface area contributed by atoms with Gasteiger partial charge in [0.15, 0.2) is 0 Å². The summed E-state index contributed by atoms with van der Waals surface area (Å²) in [4.78, 5) is 2.42. The van der Waals surface area contributed by atoms with Gasteiger partial charge in [0.25, 0.3) is 0 Å². The van der Waals surface area contributed by atoms with Gasteiger partial charge in [-0.3, -0.25) is 0 Å². The average Bonchev–Trinajstić information content (AvgIpc) is 3.70. The van der Waals surface area contributed by atoms with Crippen LogP contribution < -0.4 is 4.90 Å². The zero-order valence-corrected chi connectivity index (χ0v) is 31.7. The highest BCUT2D eigenvalue weighted by Gasteiger charge is 2.23. The first-order chi connectivity index (χ1) is 28.8. The van der Waals surface area contributed by atoms with Crippen LogP contribution in [0, 0.1) is 0 Å². The molecule has 272 valence electrons.